The van der Waals surface area contributed by atoms with Crippen molar-refractivity contribution in [2.24, 2.45) is 5.92 Å². The smallest absolute Gasteiger partial charge is 0.232 e. The predicted molar refractivity (Wildman–Crippen MR) is 92.5 cm³/mol. The van der Waals surface area contributed by atoms with Crippen LogP contribution in [-0.2, 0) is 4.79 Å². The number of carbonyl (C=O) groups is 1. The normalized spacial score (nSPS) is 16.3. The Bertz CT molecular complexity index is 443. The van der Waals surface area contributed by atoms with E-state index in [1.165, 1.54) is 6.42 Å². The Morgan fingerprint density at radius 1 is 1.50 bits per heavy atom. The molecule has 1 aromatic heterocycles. The number of ether oxygens (including phenoxy) is 1. The average molecular weight is 371 g/mol. The zero-order valence-corrected chi connectivity index (χ0v) is 14.6. The minimum Gasteiger partial charge on any atom is -0.475 e. The number of nitrogens with zero attached hydrogens (tertiary/aromatic N) is 1. The fourth-order valence-corrected chi connectivity index (χ4v) is 2.38. The molecule has 1 fully saturated rings. The van der Waals surface area contributed by atoms with Crippen molar-refractivity contribution in [3.63, 3.8) is 0 Å². The van der Waals surface area contributed by atoms with Crippen LogP contribution >= 0.6 is 36.4 Å². The molecule has 22 heavy (non-hydrogen) atoms. The summed E-state index contributed by atoms with van der Waals surface area (Å²) in [5, 5.41) is 6.62. The van der Waals surface area contributed by atoms with Gasteiger partial charge in [-0.1, -0.05) is 11.6 Å². The standard InChI is InChI=1S/C14H20ClN3O2.2ClH/c15-12-2-1-6-18-14(12)20-9-8-17-13(19)4-3-11-5-7-16-10-11;;/h1-2,6,11,16H,3-5,7-10H2,(H,17,19);2*1H. The Morgan fingerprint density at radius 2 is 2.32 bits per heavy atom. The monoisotopic (exact) mass is 369 g/mol. The summed E-state index contributed by atoms with van der Waals surface area (Å²) < 4.78 is 5.40. The summed E-state index contributed by atoms with van der Waals surface area (Å²) in [4.78, 5) is 15.7. The van der Waals surface area contributed by atoms with Crippen molar-refractivity contribution in [1.29, 1.82) is 0 Å². The van der Waals surface area contributed by atoms with Gasteiger partial charge in [0.25, 0.3) is 0 Å². The van der Waals surface area contributed by atoms with Crippen LogP contribution in [-0.4, -0.2) is 37.1 Å². The van der Waals surface area contributed by atoms with Gasteiger partial charge in [-0.05, 0) is 44.0 Å². The van der Waals surface area contributed by atoms with E-state index in [1.807, 2.05) is 0 Å². The van der Waals surface area contributed by atoms with Crippen molar-refractivity contribution < 1.29 is 9.53 Å². The molecule has 1 amide bonds. The van der Waals surface area contributed by atoms with E-state index in [4.69, 9.17) is 16.3 Å². The van der Waals surface area contributed by atoms with Crippen molar-refractivity contribution in [2.45, 2.75) is 19.3 Å². The van der Waals surface area contributed by atoms with E-state index in [9.17, 15) is 4.79 Å². The number of carbonyl (C=O) groups excluding carboxylic acids is 1. The Morgan fingerprint density at radius 3 is 3.00 bits per heavy atom. The van der Waals surface area contributed by atoms with Gasteiger partial charge in [0, 0.05) is 12.6 Å². The van der Waals surface area contributed by atoms with Crippen LogP contribution in [0.1, 0.15) is 19.3 Å². The number of amides is 1. The van der Waals surface area contributed by atoms with Crippen LogP contribution in [0.3, 0.4) is 0 Å². The highest BCUT2D eigenvalue weighted by molar-refractivity contribution is 6.31. The van der Waals surface area contributed by atoms with Gasteiger partial charge >= 0.3 is 0 Å². The third-order valence-corrected chi connectivity index (χ3v) is 3.62. The first-order valence-electron chi connectivity index (χ1n) is 6.96. The Labute approximate surface area is 148 Å². The average Bonchev–Trinajstić information content (AvgIpc) is 2.96. The first-order chi connectivity index (χ1) is 9.75. The SMILES string of the molecule is Cl.Cl.O=C(CCC1CCNC1)NCCOc1ncccc1Cl. The molecule has 2 heterocycles. The number of rotatable bonds is 7. The number of pyridine rings is 1. The zero-order valence-electron chi connectivity index (χ0n) is 12.2. The van der Waals surface area contributed by atoms with Gasteiger partial charge in [-0.15, -0.1) is 24.8 Å². The molecule has 0 radical (unpaired) electrons. The van der Waals surface area contributed by atoms with E-state index >= 15 is 0 Å². The van der Waals surface area contributed by atoms with E-state index in [0.29, 0.717) is 36.4 Å². The molecule has 8 heteroatoms. The van der Waals surface area contributed by atoms with Gasteiger partial charge in [-0.3, -0.25) is 4.79 Å². The topological polar surface area (TPSA) is 63.2 Å². The second-order valence-electron chi connectivity index (χ2n) is 4.89. The number of hydrogen-bond donors (Lipinski definition) is 2. The lowest BCUT2D eigenvalue weighted by Gasteiger charge is -2.09. The van der Waals surface area contributed by atoms with Crippen LogP contribution < -0.4 is 15.4 Å². The maximum Gasteiger partial charge on any atom is 0.232 e. The van der Waals surface area contributed by atoms with Crippen LogP contribution in [0.5, 0.6) is 5.88 Å². The van der Waals surface area contributed by atoms with Crippen molar-refractivity contribution in [1.82, 2.24) is 15.6 Å². The molecule has 0 saturated carbocycles. The highest BCUT2D eigenvalue weighted by atomic mass is 35.5. The molecule has 0 aromatic carbocycles. The second-order valence-corrected chi connectivity index (χ2v) is 5.29. The summed E-state index contributed by atoms with van der Waals surface area (Å²) in [5.41, 5.74) is 0. The number of hydrogen-bond acceptors (Lipinski definition) is 4. The van der Waals surface area contributed by atoms with Gasteiger partial charge in [0.15, 0.2) is 0 Å². The molecule has 1 aliphatic rings. The predicted octanol–water partition coefficient (Wildman–Crippen LogP) is 2.46. The van der Waals surface area contributed by atoms with E-state index in [-0.39, 0.29) is 30.7 Å². The first kappa shape index (κ1) is 21.2. The van der Waals surface area contributed by atoms with E-state index < -0.39 is 0 Å². The molecule has 2 N–H and O–H groups in total. The molecule has 1 atom stereocenters. The largest absolute Gasteiger partial charge is 0.475 e. The molecule has 126 valence electrons. The van der Waals surface area contributed by atoms with Gasteiger partial charge in [0.2, 0.25) is 11.8 Å². The minimum absolute atomic E-state index is 0. The lowest BCUT2D eigenvalue weighted by atomic mass is 10.0. The van der Waals surface area contributed by atoms with E-state index in [0.717, 1.165) is 19.5 Å². The molecule has 2 rings (SSSR count). The van der Waals surface area contributed by atoms with Gasteiger partial charge < -0.3 is 15.4 Å². The van der Waals surface area contributed by atoms with Crippen molar-refractivity contribution in [3.8, 4) is 5.88 Å². The molecule has 5 nitrogen and oxygen atoms in total. The van der Waals surface area contributed by atoms with Gasteiger partial charge in [0.05, 0.1) is 6.54 Å². The van der Waals surface area contributed by atoms with Crippen LogP contribution in [0.15, 0.2) is 18.3 Å². The third kappa shape index (κ3) is 7.49. The molecule has 1 aliphatic heterocycles. The molecule has 0 aliphatic carbocycles. The van der Waals surface area contributed by atoms with E-state index in [2.05, 4.69) is 15.6 Å². The van der Waals surface area contributed by atoms with Crippen molar-refractivity contribution in [3.05, 3.63) is 23.4 Å². The summed E-state index contributed by atoms with van der Waals surface area (Å²) in [6.45, 7) is 2.95. The first-order valence-corrected chi connectivity index (χ1v) is 7.34. The summed E-state index contributed by atoms with van der Waals surface area (Å²) in [5.74, 6) is 1.12. The van der Waals surface area contributed by atoms with Crippen LogP contribution in [0.2, 0.25) is 5.02 Å². The minimum atomic E-state index is 0. The molecule has 1 aromatic rings. The number of halogens is 3. The quantitative estimate of drug-likeness (QED) is 0.724. The molecular formula is C14H22Cl3N3O2. The lowest BCUT2D eigenvalue weighted by Crippen LogP contribution is -2.28. The fourth-order valence-electron chi connectivity index (χ4n) is 2.20. The van der Waals surface area contributed by atoms with Gasteiger partial charge in [-0.25, -0.2) is 4.98 Å². The zero-order chi connectivity index (χ0) is 14.2. The molecule has 0 spiro atoms. The van der Waals surface area contributed by atoms with Crippen LogP contribution in [0.4, 0.5) is 0 Å². The summed E-state index contributed by atoms with van der Waals surface area (Å²) in [6, 6.07) is 3.47. The summed E-state index contributed by atoms with van der Waals surface area (Å²) in [7, 11) is 0. The van der Waals surface area contributed by atoms with E-state index in [1.54, 1.807) is 18.3 Å². The Kier molecular flexibility index (Phi) is 11.4. The maximum absolute atomic E-state index is 11.6. The highest BCUT2D eigenvalue weighted by Crippen LogP contribution is 2.19. The van der Waals surface area contributed by atoms with Gasteiger partial charge in [0.1, 0.15) is 11.6 Å². The molecular weight excluding hydrogens is 349 g/mol. The summed E-state index contributed by atoms with van der Waals surface area (Å²) >= 11 is 5.91. The van der Waals surface area contributed by atoms with Crippen LogP contribution in [0.25, 0.3) is 0 Å². The number of aromatic nitrogens is 1. The van der Waals surface area contributed by atoms with Gasteiger partial charge in [-0.2, -0.15) is 0 Å². The van der Waals surface area contributed by atoms with Crippen LogP contribution in [0, 0.1) is 5.92 Å². The second kappa shape index (κ2) is 11.8. The fraction of sp³-hybridized carbons (Fsp3) is 0.571. The maximum atomic E-state index is 11.6. The molecule has 0 bridgehead atoms. The lowest BCUT2D eigenvalue weighted by molar-refractivity contribution is -0.121. The summed E-state index contributed by atoms with van der Waals surface area (Å²) in [6.07, 6.45) is 4.33. The molecule has 1 saturated heterocycles. The Hall–Kier alpha value is -0.750. The number of nitrogens with one attached hydrogen (secondary N) is 2. The highest BCUT2D eigenvalue weighted by Gasteiger charge is 2.15. The van der Waals surface area contributed by atoms with Crippen molar-refractivity contribution >= 4 is 42.3 Å². The van der Waals surface area contributed by atoms with Crippen molar-refractivity contribution in [2.75, 3.05) is 26.2 Å². The third-order valence-electron chi connectivity index (χ3n) is 3.33. The molecule has 1 unspecified atom stereocenters. The Balaban J connectivity index is 0.00000220.